The Labute approximate surface area is 90.3 Å². The molecule has 2 aromatic rings. The molecule has 0 fully saturated rings. The Kier molecular flexibility index (Phi) is 2.76. The smallest absolute Gasteiger partial charge is 0.185 e. The summed E-state index contributed by atoms with van der Waals surface area (Å²) >= 11 is 0. The Morgan fingerprint density at radius 3 is 2.88 bits per heavy atom. The van der Waals surface area contributed by atoms with Crippen molar-refractivity contribution in [3.63, 3.8) is 0 Å². The first-order valence-electron chi connectivity index (χ1n) is 4.61. The van der Waals surface area contributed by atoms with Crippen LogP contribution in [0.1, 0.15) is 16.2 Å². The summed E-state index contributed by atoms with van der Waals surface area (Å²) in [4.78, 5) is 14.4. The third-order valence-corrected chi connectivity index (χ3v) is 2.21. The summed E-state index contributed by atoms with van der Waals surface area (Å²) in [5, 5.41) is 0. The second kappa shape index (κ2) is 4.22. The highest BCUT2D eigenvalue weighted by Gasteiger charge is 2.07. The van der Waals surface area contributed by atoms with E-state index in [2.05, 4.69) is 4.98 Å². The topological polar surface area (TPSA) is 34.9 Å². The summed E-state index contributed by atoms with van der Waals surface area (Å²) in [7, 11) is 0. The highest BCUT2D eigenvalue weighted by Crippen LogP contribution is 2.11. The largest absolute Gasteiger partial charge is 0.324 e. The number of aromatic nitrogens is 2. The van der Waals surface area contributed by atoms with E-state index in [9.17, 15) is 13.6 Å². The van der Waals surface area contributed by atoms with Crippen molar-refractivity contribution in [1.29, 1.82) is 0 Å². The van der Waals surface area contributed by atoms with Crippen LogP contribution < -0.4 is 0 Å². The van der Waals surface area contributed by atoms with Crippen molar-refractivity contribution in [2.45, 2.75) is 6.54 Å². The summed E-state index contributed by atoms with van der Waals surface area (Å²) in [6.45, 7) is 0.153. The molecule has 0 unspecified atom stereocenters. The molecule has 0 bridgehead atoms. The van der Waals surface area contributed by atoms with Crippen molar-refractivity contribution < 1.29 is 13.6 Å². The van der Waals surface area contributed by atoms with Gasteiger partial charge in [-0.2, -0.15) is 0 Å². The van der Waals surface area contributed by atoms with Crippen LogP contribution in [0.25, 0.3) is 0 Å². The van der Waals surface area contributed by atoms with Gasteiger partial charge in [-0.1, -0.05) is 6.07 Å². The lowest BCUT2D eigenvalue weighted by atomic mass is 10.2. The van der Waals surface area contributed by atoms with Gasteiger partial charge in [-0.25, -0.2) is 13.8 Å². The fourth-order valence-corrected chi connectivity index (χ4v) is 1.41. The Balaban J connectivity index is 2.30. The standard InChI is InChI=1S/C11H8F2N2O/c12-9-2-1-8(10(13)5-9)6-15-4-3-14-11(15)7-16/h1-5,7H,6H2. The summed E-state index contributed by atoms with van der Waals surface area (Å²) < 4.78 is 27.5. The van der Waals surface area contributed by atoms with Gasteiger partial charge in [0.25, 0.3) is 0 Å². The van der Waals surface area contributed by atoms with E-state index in [4.69, 9.17) is 0 Å². The quantitative estimate of drug-likeness (QED) is 0.744. The number of hydrogen-bond acceptors (Lipinski definition) is 2. The first-order chi connectivity index (χ1) is 7.70. The molecule has 0 aliphatic heterocycles. The maximum Gasteiger partial charge on any atom is 0.185 e. The number of nitrogens with zero attached hydrogens (tertiary/aromatic N) is 2. The van der Waals surface area contributed by atoms with Gasteiger partial charge in [0, 0.05) is 24.0 Å². The number of rotatable bonds is 3. The zero-order valence-corrected chi connectivity index (χ0v) is 8.23. The summed E-state index contributed by atoms with van der Waals surface area (Å²) in [6.07, 6.45) is 3.60. The fraction of sp³-hybridized carbons (Fsp3) is 0.0909. The summed E-state index contributed by atoms with van der Waals surface area (Å²) in [5.41, 5.74) is 0.308. The van der Waals surface area contributed by atoms with Crippen LogP contribution in [0.5, 0.6) is 0 Å². The molecule has 0 saturated heterocycles. The molecule has 0 aliphatic rings. The molecule has 0 atom stereocenters. The van der Waals surface area contributed by atoms with Crippen LogP contribution in [-0.4, -0.2) is 15.8 Å². The van der Waals surface area contributed by atoms with Crippen molar-refractivity contribution in [3.8, 4) is 0 Å². The van der Waals surface area contributed by atoms with Crippen molar-refractivity contribution >= 4 is 6.29 Å². The third-order valence-electron chi connectivity index (χ3n) is 2.21. The Bertz CT molecular complexity index is 522. The Morgan fingerprint density at radius 1 is 1.38 bits per heavy atom. The minimum absolute atomic E-state index is 0.153. The van der Waals surface area contributed by atoms with Crippen LogP contribution in [0.3, 0.4) is 0 Å². The van der Waals surface area contributed by atoms with E-state index in [1.165, 1.54) is 22.9 Å². The van der Waals surface area contributed by atoms with Crippen LogP contribution >= 0.6 is 0 Å². The van der Waals surface area contributed by atoms with Gasteiger partial charge in [0.1, 0.15) is 11.6 Å². The van der Waals surface area contributed by atoms with Crippen molar-refractivity contribution in [2.75, 3.05) is 0 Å². The van der Waals surface area contributed by atoms with E-state index in [0.29, 0.717) is 11.8 Å². The number of carbonyl (C=O) groups excluding carboxylic acids is 1. The molecule has 1 heterocycles. The van der Waals surface area contributed by atoms with Gasteiger partial charge < -0.3 is 4.57 Å². The monoisotopic (exact) mass is 222 g/mol. The minimum Gasteiger partial charge on any atom is -0.324 e. The second-order valence-corrected chi connectivity index (χ2v) is 3.27. The molecule has 5 heteroatoms. The number of halogens is 2. The van der Waals surface area contributed by atoms with E-state index in [-0.39, 0.29) is 12.4 Å². The van der Waals surface area contributed by atoms with Gasteiger partial charge in [0.05, 0.1) is 6.54 Å². The van der Waals surface area contributed by atoms with Crippen LogP contribution in [0.2, 0.25) is 0 Å². The van der Waals surface area contributed by atoms with E-state index < -0.39 is 11.6 Å². The van der Waals surface area contributed by atoms with Crippen LogP contribution in [-0.2, 0) is 6.54 Å². The first-order valence-corrected chi connectivity index (χ1v) is 4.61. The average Bonchev–Trinajstić information content (AvgIpc) is 2.69. The normalized spacial score (nSPS) is 10.4. The van der Waals surface area contributed by atoms with Gasteiger partial charge >= 0.3 is 0 Å². The molecular formula is C11H8F2N2O. The number of benzene rings is 1. The summed E-state index contributed by atoms with van der Waals surface area (Å²) in [6, 6.07) is 3.34. The molecule has 82 valence electrons. The van der Waals surface area contributed by atoms with E-state index >= 15 is 0 Å². The van der Waals surface area contributed by atoms with Crippen molar-refractivity contribution in [3.05, 3.63) is 53.6 Å². The molecule has 0 N–H and O–H groups in total. The lowest BCUT2D eigenvalue weighted by Gasteiger charge is -2.05. The zero-order chi connectivity index (χ0) is 11.5. The highest BCUT2D eigenvalue weighted by molar-refractivity contribution is 5.69. The van der Waals surface area contributed by atoms with Crippen molar-refractivity contribution in [1.82, 2.24) is 9.55 Å². The van der Waals surface area contributed by atoms with Crippen LogP contribution in [0, 0.1) is 11.6 Å². The summed E-state index contributed by atoms with van der Waals surface area (Å²) in [5.74, 6) is -1.04. The predicted octanol–water partition coefficient (Wildman–Crippen LogP) is 2.02. The molecule has 1 aromatic carbocycles. The van der Waals surface area contributed by atoms with E-state index in [0.717, 1.165) is 6.07 Å². The SMILES string of the molecule is O=Cc1nccn1Cc1ccc(F)cc1F. The molecule has 0 spiro atoms. The number of imidazole rings is 1. The molecule has 16 heavy (non-hydrogen) atoms. The fourth-order valence-electron chi connectivity index (χ4n) is 1.41. The molecule has 0 amide bonds. The average molecular weight is 222 g/mol. The molecule has 0 radical (unpaired) electrons. The predicted molar refractivity (Wildman–Crippen MR) is 53.1 cm³/mol. The Hall–Kier alpha value is -2.04. The van der Waals surface area contributed by atoms with E-state index in [1.807, 2.05) is 0 Å². The molecule has 0 saturated carbocycles. The van der Waals surface area contributed by atoms with Gasteiger partial charge in [-0.3, -0.25) is 4.79 Å². The second-order valence-electron chi connectivity index (χ2n) is 3.27. The number of hydrogen-bond donors (Lipinski definition) is 0. The minimum atomic E-state index is -0.634. The molecule has 3 nitrogen and oxygen atoms in total. The lowest BCUT2D eigenvalue weighted by Crippen LogP contribution is -2.05. The zero-order valence-electron chi connectivity index (χ0n) is 8.23. The van der Waals surface area contributed by atoms with Gasteiger partial charge in [0.2, 0.25) is 0 Å². The maximum absolute atomic E-state index is 13.3. The van der Waals surface area contributed by atoms with Gasteiger partial charge in [-0.05, 0) is 6.07 Å². The van der Waals surface area contributed by atoms with Gasteiger partial charge in [-0.15, -0.1) is 0 Å². The first kappa shape index (κ1) is 10.5. The van der Waals surface area contributed by atoms with Crippen molar-refractivity contribution in [2.24, 2.45) is 0 Å². The maximum atomic E-state index is 13.3. The van der Waals surface area contributed by atoms with Crippen LogP contribution in [0.15, 0.2) is 30.6 Å². The molecule has 0 aliphatic carbocycles. The lowest BCUT2D eigenvalue weighted by molar-refractivity contribution is 0.111. The third kappa shape index (κ3) is 1.98. The molecule has 2 rings (SSSR count). The molecular weight excluding hydrogens is 214 g/mol. The van der Waals surface area contributed by atoms with E-state index in [1.54, 1.807) is 6.20 Å². The number of aldehydes is 1. The Morgan fingerprint density at radius 2 is 2.19 bits per heavy atom. The van der Waals surface area contributed by atoms with Crippen LogP contribution in [0.4, 0.5) is 8.78 Å². The highest BCUT2D eigenvalue weighted by atomic mass is 19.1. The molecule has 1 aromatic heterocycles. The van der Waals surface area contributed by atoms with Gasteiger partial charge in [0.15, 0.2) is 12.1 Å². The number of carbonyl (C=O) groups is 1.